The molecular formula is C25H28N4O2S. The average molecular weight is 449 g/mol. The number of likely N-dealkylation sites (tertiary alicyclic amines) is 1. The number of piperidine rings is 1. The highest BCUT2D eigenvalue weighted by molar-refractivity contribution is 7.18. The Labute approximate surface area is 192 Å². The van der Waals surface area contributed by atoms with Gasteiger partial charge < -0.3 is 10.2 Å². The van der Waals surface area contributed by atoms with Crippen LogP contribution in [-0.2, 0) is 16.1 Å². The van der Waals surface area contributed by atoms with Gasteiger partial charge >= 0.3 is 0 Å². The van der Waals surface area contributed by atoms with Gasteiger partial charge in [-0.3, -0.25) is 14.5 Å². The van der Waals surface area contributed by atoms with Gasteiger partial charge in [0, 0.05) is 30.9 Å². The minimum Gasteiger partial charge on any atom is -0.326 e. The number of aromatic nitrogens is 1. The molecule has 0 radical (unpaired) electrons. The minimum atomic E-state index is -0.358. The van der Waals surface area contributed by atoms with Crippen molar-refractivity contribution >= 4 is 44.7 Å². The summed E-state index contributed by atoms with van der Waals surface area (Å²) in [7, 11) is 0. The molecule has 0 spiro atoms. The second kappa shape index (κ2) is 9.00. The van der Waals surface area contributed by atoms with Crippen molar-refractivity contribution in [2.24, 2.45) is 5.92 Å². The van der Waals surface area contributed by atoms with E-state index in [2.05, 4.69) is 27.3 Å². The third-order valence-electron chi connectivity index (χ3n) is 6.36. The zero-order valence-corrected chi connectivity index (χ0v) is 19.2. The molecule has 2 saturated heterocycles. The fourth-order valence-electron chi connectivity index (χ4n) is 4.65. The first-order chi connectivity index (χ1) is 15.5. The molecule has 32 heavy (non-hydrogen) atoms. The smallest absolute Gasteiger partial charge is 0.229 e. The molecule has 7 heteroatoms. The highest BCUT2D eigenvalue weighted by atomic mass is 32.1. The third-order valence-corrected chi connectivity index (χ3v) is 7.31. The number of rotatable bonds is 5. The van der Waals surface area contributed by atoms with E-state index in [-0.39, 0.29) is 24.2 Å². The van der Waals surface area contributed by atoms with Gasteiger partial charge in [0.25, 0.3) is 0 Å². The molecule has 1 aromatic heterocycles. The van der Waals surface area contributed by atoms with Crippen molar-refractivity contribution in [3.05, 3.63) is 53.0 Å². The summed E-state index contributed by atoms with van der Waals surface area (Å²) < 4.78 is 1.11. The van der Waals surface area contributed by atoms with Crippen LogP contribution in [0.4, 0.5) is 11.4 Å². The third kappa shape index (κ3) is 4.54. The van der Waals surface area contributed by atoms with E-state index in [0.29, 0.717) is 6.54 Å². The highest BCUT2D eigenvalue weighted by Crippen LogP contribution is 2.30. The molecule has 0 aliphatic carbocycles. The van der Waals surface area contributed by atoms with Crippen LogP contribution in [0.3, 0.4) is 0 Å². The molecule has 2 fully saturated rings. The second-order valence-electron chi connectivity index (χ2n) is 8.81. The Morgan fingerprint density at radius 1 is 1.12 bits per heavy atom. The van der Waals surface area contributed by atoms with Crippen LogP contribution in [0, 0.1) is 12.8 Å². The molecule has 2 aliphatic heterocycles. The first-order valence-corrected chi connectivity index (χ1v) is 12.2. The summed E-state index contributed by atoms with van der Waals surface area (Å²) in [5.74, 6) is -0.480. The number of aryl methyl sites for hydroxylation is 1. The molecular weight excluding hydrogens is 420 g/mol. The lowest BCUT2D eigenvalue weighted by Gasteiger charge is -2.26. The van der Waals surface area contributed by atoms with Crippen molar-refractivity contribution < 1.29 is 9.59 Å². The molecule has 2 aliphatic rings. The molecule has 0 bridgehead atoms. The molecule has 1 unspecified atom stereocenters. The number of nitrogens with one attached hydrogen (secondary N) is 1. The van der Waals surface area contributed by atoms with Crippen LogP contribution < -0.4 is 10.2 Å². The van der Waals surface area contributed by atoms with Crippen LogP contribution >= 0.6 is 11.3 Å². The maximum absolute atomic E-state index is 12.8. The Bertz CT molecular complexity index is 1130. The van der Waals surface area contributed by atoms with E-state index in [9.17, 15) is 9.59 Å². The van der Waals surface area contributed by atoms with Crippen molar-refractivity contribution in [2.75, 3.05) is 29.9 Å². The van der Waals surface area contributed by atoms with Crippen molar-refractivity contribution in [1.82, 2.24) is 9.88 Å². The molecule has 0 saturated carbocycles. The Morgan fingerprint density at radius 3 is 2.69 bits per heavy atom. The lowest BCUT2D eigenvalue weighted by atomic mass is 10.1. The largest absolute Gasteiger partial charge is 0.326 e. The summed E-state index contributed by atoms with van der Waals surface area (Å²) in [5, 5.41) is 4.00. The quantitative estimate of drug-likeness (QED) is 0.620. The van der Waals surface area contributed by atoms with Gasteiger partial charge in [0.1, 0.15) is 0 Å². The zero-order valence-electron chi connectivity index (χ0n) is 18.3. The number of thiazole rings is 1. The van der Waals surface area contributed by atoms with E-state index in [4.69, 9.17) is 0 Å². The number of anilines is 2. The van der Waals surface area contributed by atoms with Gasteiger partial charge in [-0.25, -0.2) is 4.98 Å². The van der Waals surface area contributed by atoms with Crippen molar-refractivity contribution in [3.8, 4) is 0 Å². The molecule has 3 heterocycles. The molecule has 2 aromatic carbocycles. The van der Waals surface area contributed by atoms with Gasteiger partial charge in [-0.15, -0.1) is 11.3 Å². The molecule has 3 aromatic rings. The second-order valence-corrected chi connectivity index (χ2v) is 10.0. The van der Waals surface area contributed by atoms with Crippen LogP contribution in [0.15, 0.2) is 42.5 Å². The van der Waals surface area contributed by atoms with Gasteiger partial charge in [-0.05, 0) is 68.8 Å². The number of fused-ring (bicyclic) bond motifs is 1. The molecule has 2 amide bonds. The lowest BCUT2D eigenvalue weighted by molar-refractivity contribution is -0.122. The normalized spacial score (nSPS) is 19.6. The number of amides is 2. The monoisotopic (exact) mass is 448 g/mol. The van der Waals surface area contributed by atoms with Crippen molar-refractivity contribution in [1.29, 1.82) is 0 Å². The van der Waals surface area contributed by atoms with Gasteiger partial charge in [0.15, 0.2) is 0 Å². The fourth-order valence-corrected chi connectivity index (χ4v) is 5.45. The van der Waals surface area contributed by atoms with E-state index in [1.165, 1.54) is 37.9 Å². The number of carbonyl (C=O) groups excluding carboxylic acids is 2. The van der Waals surface area contributed by atoms with E-state index < -0.39 is 0 Å². The number of nitrogens with zero attached hydrogens (tertiary/aromatic N) is 3. The Balaban J connectivity index is 1.20. The first-order valence-electron chi connectivity index (χ1n) is 11.3. The molecule has 6 nitrogen and oxygen atoms in total. The molecule has 5 rings (SSSR count). The highest BCUT2D eigenvalue weighted by Gasteiger charge is 2.35. The maximum atomic E-state index is 12.8. The van der Waals surface area contributed by atoms with Gasteiger partial charge in [0.05, 0.1) is 21.1 Å². The zero-order chi connectivity index (χ0) is 22.1. The average Bonchev–Trinajstić information content (AvgIpc) is 3.37. The van der Waals surface area contributed by atoms with Crippen LogP contribution in [0.25, 0.3) is 10.2 Å². The minimum absolute atomic E-state index is 0.0201. The topological polar surface area (TPSA) is 65.5 Å². The molecule has 1 atom stereocenters. The predicted molar refractivity (Wildman–Crippen MR) is 129 cm³/mol. The van der Waals surface area contributed by atoms with Crippen LogP contribution in [0.2, 0.25) is 0 Å². The Hall–Kier alpha value is -2.77. The Kier molecular flexibility index (Phi) is 5.93. The van der Waals surface area contributed by atoms with E-state index in [1.807, 2.05) is 37.3 Å². The fraction of sp³-hybridized carbons (Fsp3) is 0.400. The maximum Gasteiger partial charge on any atom is 0.229 e. The summed E-state index contributed by atoms with van der Waals surface area (Å²) in [6.07, 6.45) is 4.12. The first kappa shape index (κ1) is 21.1. The summed E-state index contributed by atoms with van der Waals surface area (Å²) in [5.41, 5.74) is 3.75. The summed E-state index contributed by atoms with van der Waals surface area (Å²) >= 11 is 1.64. The van der Waals surface area contributed by atoms with Crippen molar-refractivity contribution in [3.63, 3.8) is 0 Å². The Morgan fingerprint density at radius 2 is 1.91 bits per heavy atom. The van der Waals surface area contributed by atoms with E-state index in [0.717, 1.165) is 33.1 Å². The number of hydrogen-bond donors (Lipinski definition) is 1. The summed E-state index contributed by atoms with van der Waals surface area (Å²) in [4.78, 5) is 34.2. The van der Waals surface area contributed by atoms with E-state index in [1.54, 1.807) is 16.2 Å². The lowest BCUT2D eigenvalue weighted by Crippen LogP contribution is -2.29. The van der Waals surface area contributed by atoms with Gasteiger partial charge in [-0.2, -0.15) is 0 Å². The van der Waals surface area contributed by atoms with Crippen LogP contribution in [0.5, 0.6) is 0 Å². The SMILES string of the molecule is Cc1nc2cc(N3CC(C(=O)Nc4ccc(CN5CCCCC5)cc4)CC3=O)ccc2s1. The van der Waals surface area contributed by atoms with Crippen LogP contribution in [0.1, 0.15) is 36.3 Å². The van der Waals surface area contributed by atoms with Gasteiger partial charge in [0.2, 0.25) is 11.8 Å². The molecule has 166 valence electrons. The number of carbonyl (C=O) groups is 2. The van der Waals surface area contributed by atoms with Gasteiger partial charge in [-0.1, -0.05) is 18.6 Å². The number of hydrogen-bond acceptors (Lipinski definition) is 5. The van der Waals surface area contributed by atoms with E-state index >= 15 is 0 Å². The summed E-state index contributed by atoms with van der Waals surface area (Å²) in [6, 6.07) is 14.0. The van der Waals surface area contributed by atoms with Crippen molar-refractivity contribution in [2.45, 2.75) is 39.2 Å². The van der Waals surface area contributed by atoms with Crippen LogP contribution in [-0.4, -0.2) is 41.3 Å². The molecule has 1 N–H and O–H groups in total. The standard InChI is InChI=1S/C25H28N4O2S/c1-17-26-22-14-21(9-10-23(22)32-17)29-16-19(13-24(29)30)25(31)27-20-7-5-18(6-8-20)15-28-11-3-2-4-12-28/h5-10,14,19H,2-4,11-13,15-16H2,1H3,(H,27,31). The predicted octanol–water partition coefficient (Wildman–Crippen LogP) is 4.58. The summed E-state index contributed by atoms with van der Waals surface area (Å²) in [6.45, 7) is 5.67. The number of benzene rings is 2.